The largest absolute Gasteiger partial charge is 0.383 e. The highest BCUT2D eigenvalue weighted by Crippen LogP contribution is 2.23. The number of rotatable bonds is 1. The van der Waals surface area contributed by atoms with Gasteiger partial charge >= 0.3 is 0 Å². The average molecular weight is 243 g/mol. The summed E-state index contributed by atoms with van der Waals surface area (Å²) in [5.74, 6) is 0.260. The Bertz CT molecular complexity index is 564. The number of benzene rings is 1. The lowest BCUT2D eigenvalue weighted by molar-refractivity contribution is 0.0752. The van der Waals surface area contributed by atoms with Crippen LogP contribution in [-0.2, 0) is 0 Å². The van der Waals surface area contributed by atoms with Crippen molar-refractivity contribution in [3.8, 4) is 11.3 Å². The molecule has 94 valence electrons. The molecule has 0 unspecified atom stereocenters. The Labute approximate surface area is 106 Å². The standard InChI is InChI=1S/C14H17N3O/c1-14(2,3)13(18)17-12(15)9-11(16-17)10-7-5-4-6-8-10/h4-9H,15H2,1-3H3. The first kappa shape index (κ1) is 12.4. The normalized spacial score (nSPS) is 11.5. The van der Waals surface area contributed by atoms with E-state index in [-0.39, 0.29) is 5.91 Å². The van der Waals surface area contributed by atoms with Gasteiger partial charge in [-0.15, -0.1) is 0 Å². The fourth-order valence-corrected chi connectivity index (χ4v) is 1.63. The molecule has 1 heterocycles. The maximum absolute atomic E-state index is 12.2. The van der Waals surface area contributed by atoms with E-state index in [2.05, 4.69) is 5.10 Å². The van der Waals surface area contributed by atoms with Crippen molar-refractivity contribution in [2.45, 2.75) is 20.8 Å². The van der Waals surface area contributed by atoms with Crippen molar-refractivity contribution in [2.24, 2.45) is 5.41 Å². The summed E-state index contributed by atoms with van der Waals surface area (Å²) < 4.78 is 1.28. The van der Waals surface area contributed by atoms with Gasteiger partial charge in [-0.1, -0.05) is 51.1 Å². The second kappa shape index (κ2) is 4.29. The van der Waals surface area contributed by atoms with Crippen LogP contribution < -0.4 is 5.73 Å². The van der Waals surface area contributed by atoms with Gasteiger partial charge in [0.2, 0.25) is 0 Å². The molecule has 0 saturated carbocycles. The number of nitrogens with zero attached hydrogens (tertiary/aromatic N) is 2. The molecule has 0 aliphatic heterocycles. The Morgan fingerprint density at radius 3 is 2.39 bits per heavy atom. The van der Waals surface area contributed by atoms with Gasteiger partial charge in [0.05, 0.1) is 5.69 Å². The molecule has 2 rings (SSSR count). The molecule has 0 fully saturated rings. The van der Waals surface area contributed by atoms with Crippen LogP contribution in [0.5, 0.6) is 0 Å². The van der Waals surface area contributed by atoms with Gasteiger partial charge in [0.1, 0.15) is 5.82 Å². The van der Waals surface area contributed by atoms with Gasteiger partial charge in [0, 0.05) is 17.0 Å². The third-order valence-corrected chi connectivity index (χ3v) is 2.64. The predicted octanol–water partition coefficient (Wildman–Crippen LogP) is 2.82. The monoisotopic (exact) mass is 243 g/mol. The zero-order valence-electron chi connectivity index (χ0n) is 10.8. The van der Waals surface area contributed by atoms with Gasteiger partial charge in [-0.3, -0.25) is 4.79 Å². The number of hydrogen-bond donors (Lipinski definition) is 1. The summed E-state index contributed by atoms with van der Waals surface area (Å²) in [5.41, 5.74) is 7.01. The van der Waals surface area contributed by atoms with Crippen molar-refractivity contribution in [1.29, 1.82) is 0 Å². The molecule has 0 radical (unpaired) electrons. The summed E-state index contributed by atoms with van der Waals surface area (Å²) in [7, 11) is 0. The maximum Gasteiger partial charge on any atom is 0.254 e. The number of hydrogen-bond acceptors (Lipinski definition) is 3. The molecule has 0 atom stereocenters. The van der Waals surface area contributed by atoms with Crippen LogP contribution in [0.4, 0.5) is 5.82 Å². The molecular formula is C14H17N3O. The minimum absolute atomic E-state index is 0.109. The fraction of sp³-hybridized carbons (Fsp3) is 0.286. The van der Waals surface area contributed by atoms with E-state index in [1.807, 2.05) is 51.1 Å². The average Bonchev–Trinajstić information content (AvgIpc) is 2.70. The first-order chi connectivity index (χ1) is 8.39. The Balaban J connectivity index is 2.43. The topological polar surface area (TPSA) is 60.9 Å². The van der Waals surface area contributed by atoms with E-state index >= 15 is 0 Å². The quantitative estimate of drug-likeness (QED) is 0.837. The molecule has 4 heteroatoms. The second-order valence-electron chi connectivity index (χ2n) is 5.29. The van der Waals surface area contributed by atoms with Crippen LogP contribution in [0.1, 0.15) is 25.6 Å². The molecular weight excluding hydrogens is 226 g/mol. The van der Waals surface area contributed by atoms with Crippen molar-refractivity contribution in [1.82, 2.24) is 9.78 Å². The number of aromatic nitrogens is 2. The van der Waals surface area contributed by atoms with Gasteiger partial charge in [0.15, 0.2) is 0 Å². The molecule has 2 aromatic rings. The first-order valence-electron chi connectivity index (χ1n) is 5.85. The molecule has 2 N–H and O–H groups in total. The lowest BCUT2D eigenvalue weighted by Gasteiger charge is -2.16. The molecule has 18 heavy (non-hydrogen) atoms. The zero-order chi connectivity index (χ0) is 13.3. The highest BCUT2D eigenvalue weighted by molar-refractivity contribution is 5.86. The van der Waals surface area contributed by atoms with Crippen LogP contribution in [0.2, 0.25) is 0 Å². The predicted molar refractivity (Wildman–Crippen MR) is 72.2 cm³/mol. The van der Waals surface area contributed by atoms with E-state index in [4.69, 9.17) is 5.73 Å². The molecule has 0 saturated heterocycles. The number of nitrogen functional groups attached to an aromatic ring is 1. The number of carbonyl (C=O) groups excluding carboxylic acids is 1. The van der Waals surface area contributed by atoms with Crippen LogP contribution in [0, 0.1) is 5.41 Å². The van der Waals surface area contributed by atoms with E-state index in [1.54, 1.807) is 6.07 Å². The van der Waals surface area contributed by atoms with Gasteiger partial charge in [-0.2, -0.15) is 9.78 Å². The summed E-state index contributed by atoms with van der Waals surface area (Å²) in [5, 5.41) is 4.29. The van der Waals surface area contributed by atoms with Gasteiger partial charge in [0.25, 0.3) is 5.91 Å². The van der Waals surface area contributed by atoms with Crippen molar-refractivity contribution < 1.29 is 4.79 Å². The van der Waals surface area contributed by atoms with Gasteiger partial charge in [-0.25, -0.2) is 0 Å². The molecule has 4 nitrogen and oxygen atoms in total. The van der Waals surface area contributed by atoms with E-state index in [0.717, 1.165) is 5.56 Å². The van der Waals surface area contributed by atoms with E-state index in [9.17, 15) is 4.79 Å². The summed E-state index contributed by atoms with van der Waals surface area (Å²) in [4.78, 5) is 12.2. The molecule has 0 spiro atoms. The molecule has 1 aromatic carbocycles. The number of carbonyl (C=O) groups is 1. The molecule has 0 aliphatic carbocycles. The maximum atomic E-state index is 12.2. The zero-order valence-corrected chi connectivity index (χ0v) is 10.8. The van der Waals surface area contributed by atoms with Gasteiger partial charge in [-0.05, 0) is 0 Å². The minimum atomic E-state index is -0.506. The second-order valence-corrected chi connectivity index (χ2v) is 5.29. The lowest BCUT2D eigenvalue weighted by Crippen LogP contribution is -2.28. The highest BCUT2D eigenvalue weighted by atomic mass is 16.2. The summed E-state index contributed by atoms with van der Waals surface area (Å²) in [6.45, 7) is 5.54. The summed E-state index contributed by atoms with van der Waals surface area (Å²) >= 11 is 0. The van der Waals surface area contributed by atoms with E-state index in [0.29, 0.717) is 11.5 Å². The van der Waals surface area contributed by atoms with Crippen molar-refractivity contribution in [3.05, 3.63) is 36.4 Å². The lowest BCUT2D eigenvalue weighted by atomic mass is 9.96. The van der Waals surface area contributed by atoms with Crippen LogP contribution in [0.15, 0.2) is 36.4 Å². The smallest absolute Gasteiger partial charge is 0.254 e. The molecule has 0 bridgehead atoms. The third-order valence-electron chi connectivity index (χ3n) is 2.64. The van der Waals surface area contributed by atoms with Crippen molar-refractivity contribution >= 4 is 11.7 Å². The first-order valence-corrected chi connectivity index (χ1v) is 5.85. The third kappa shape index (κ3) is 2.27. The highest BCUT2D eigenvalue weighted by Gasteiger charge is 2.26. The van der Waals surface area contributed by atoms with Crippen LogP contribution in [0.25, 0.3) is 11.3 Å². The summed E-state index contributed by atoms with van der Waals surface area (Å²) in [6, 6.07) is 11.4. The van der Waals surface area contributed by atoms with Crippen LogP contribution in [0.3, 0.4) is 0 Å². The van der Waals surface area contributed by atoms with Crippen molar-refractivity contribution in [3.63, 3.8) is 0 Å². The van der Waals surface area contributed by atoms with E-state index in [1.165, 1.54) is 4.68 Å². The Morgan fingerprint density at radius 1 is 1.22 bits per heavy atom. The minimum Gasteiger partial charge on any atom is -0.383 e. The molecule has 0 amide bonds. The Morgan fingerprint density at radius 2 is 1.83 bits per heavy atom. The Kier molecular flexibility index (Phi) is 2.95. The molecule has 1 aromatic heterocycles. The SMILES string of the molecule is CC(C)(C)C(=O)n1nc(-c2ccccc2)cc1N. The number of nitrogens with two attached hydrogens (primary N) is 1. The summed E-state index contributed by atoms with van der Waals surface area (Å²) in [6.07, 6.45) is 0. The van der Waals surface area contributed by atoms with Crippen molar-refractivity contribution in [2.75, 3.05) is 5.73 Å². The van der Waals surface area contributed by atoms with E-state index < -0.39 is 5.41 Å². The van der Waals surface area contributed by atoms with Crippen LogP contribution in [-0.4, -0.2) is 15.7 Å². The van der Waals surface area contributed by atoms with Gasteiger partial charge < -0.3 is 5.73 Å². The molecule has 0 aliphatic rings. The van der Waals surface area contributed by atoms with Crippen LogP contribution >= 0.6 is 0 Å². The number of anilines is 1. The Hall–Kier alpha value is -2.10. The fourth-order valence-electron chi connectivity index (χ4n) is 1.63.